The normalized spacial score (nSPS) is 18.8. The molecule has 0 spiro atoms. The number of ketones is 1. The lowest BCUT2D eigenvalue weighted by atomic mass is 9.93. The van der Waals surface area contributed by atoms with E-state index >= 15 is 0 Å². The molecule has 3 aromatic rings. The number of Topliss-reactive ketones (excluding diaryl/α,β-unsaturated/α-hetero) is 1. The van der Waals surface area contributed by atoms with Crippen molar-refractivity contribution in [2.24, 2.45) is 0 Å². The maximum Gasteiger partial charge on any atom is 0.186 e. The van der Waals surface area contributed by atoms with E-state index in [1.165, 1.54) is 11.1 Å². The first-order chi connectivity index (χ1) is 14.2. The average molecular weight is 408 g/mol. The van der Waals surface area contributed by atoms with Gasteiger partial charge in [-0.2, -0.15) is 0 Å². The first-order valence-corrected chi connectivity index (χ1v) is 11.1. The second-order valence-electron chi connectivity index (χ2n) is 7.84. The monoisotopic (exact) mass is 407 g/mol. The zero-order valence-electron chi connectivity index (χ0n) is 16.6. The van der Waals surface area contributed by atoms with E-state index in [9.17, 15) is 4.79 Å². The Morgan fingerprint density at radius 3 is 2.93 bits per heavy atom. The number of piperazine rings is 1. The maximum atomic E-state index is 13.0. The number of nitrogens with one attached hydrogen (secondary N) is 1. The van der Waals surface area contributed by atoms with Gasteiger partial charge in [-0.25, -0.2) is 4.98 Å². The SMILES string of the molecule is COc1ccc2c(c1)CC[C@@H]2CC(=O)c1ccc2nc(N3CCNCC3)sc2c1. The van der Waals surface area contributed by atoms with E-state index in [0.29, 0.717) is 12.3 Å². The fourth-order valence-electron chi connectivity index (χ4n) is 4.44. The third kappa shape index (κ3) is 3.63. The number of carbonyl (C=O) groups is 1. The number of carbonyl (C=O) groups excluding carboxylic acids is 1. The van der Waals surface area contributed by atoms with Crippen LogP contribution in [0.2, 0.25) is 0 Å². The molecule has 5 nitrogen and oxygen atoms in total. The first-order valence-electron chi connectivity index (χ1n) is 10.3. The Labute approximate surface area is 174 Å². The molecule has 0 saturated carbocycles. The number of fused-ring (bicyclic) bond motifs is 2. The summed E-state index contributed by atoms with van der Waals surface area (Å²) in [5.41, 5.74) is 4.41. The highest BCUT2D eigenvalue weighted by molar-refractivity contribution is 7.22. The molecule has 5 rings (SSSR count). The van der Waals surface area contributed by atoms with Gasteiger partial charge in [0.2, 0.25) is 0 Å². The molecule has 1 aliphatic carbocycles. The molecule has 2 heterocycles. The number of ether oxygens (including phenoxy) is 1. The summed E-state index contributed by atoms with van der Waals surface area (Å²) in [7, 11) is 1.70. The number of aryl methyl sites for hydroxylation is 1. The Hall–Kier alpha value is -2.44. The van der Waals surface area contributed by atoms with Crippen LogP contribution in [0.1, 0.15) is 40.2 Å². The highest BCUT2D eigenvalue weighted by atomic mass is 32.1. The van der Waals surface area contributed by atoms with Gasteiger partial charge in [-0.3, -0.25) is 4.79 Å². The molecular weight excluding hydrogens is 382 g/mol. The van der Waals surface area contributed by atoms with Gasteiger partial charge in [-0.15, -0.1) is 0 Å². The summed E-state index contributed by atoms with van der Waals surface area (Å²) < 4.78 is 6.43. The van der Waals surface area contributed by atoms with Crippen LogP contribution in [0.25, 0.3) is 10.2 Å². The molecule has 1 aliphatic heterocycles. The van der Waals surface area contributed by atoms with Crippen LogP contribution in [-0.2, 0) is 6.42 Å². The first kappa shape index (κ1) is 18.6. The molecule has 29 heavy (non-hydrogen) atoms. The van der Waals surface area contributed by atoms with E-state index in [4.69, 9.17) is 9.72 Å². The second-order valence-corrected chi connectivity index (χ2v) is 8.85. The van der Waals surface area contributed by atoms with Crippen molar-refractivity contribution in [1.29, 1.82) is 0 Å². The van der Waals surface area contributed by atoms with Crippen molar-refractivity contribution in [3.05, 3.63) is 53.1 Å². The molecule has 0 radical (unpaired) electrons. The molecular formula is C23H25N3O2S. The third-order valence-electron chi connectivity index (χ3n) is 6.07. The summed E-state index contributed by atoms with van der Waals surface area (Å²) in [5.74, 6) is 1.42. The van der Waals surface area contributed by atoms with Gasteiger partial charge >= 0.3 is 0 Å². The summed E-state index contributed by atoms with van der Waals surface area (Å²) in [6.45, 7) is 3.96. The van der Waals surface area contributed by atoms with Gasteiger partial charge in [0.25, 0.3) is 0 Å². The van der Waals surface area contributed by atoms with Crippen molar-refractivity contribution in [2.75, 3.05) is 38.2 Å². The zero-order valence-corrected chi connectivity index (χ0v) is 17.4. The van der Waals surface area contributed by atoms with Crippen LogP contribution in [0.5, 0.6) is 5.75 Å². The molecule has 2 aliphatic rings. The zero-order chi connectivity index (χ0) is 19.8. The fourth-order valence-corrected chi connectivity index (χ4v) is 5.50. The number of thiazole rings is 1. The lowest BCUT2D eigenvalue weighted by molar-refractivity contribution is 0.0973. The van der Waals surface area contributed by atoms with Crippen LogP contribution in [-0.4, -0.2) is 44.1 Å². The molecule has 1 fully saturated rings. The minimum absolute atomic E-state index is 0.220. The molecule has 0 amide bonds. The molecule has 1 aromatic heterocycles. The number of methoxy groups -OCH3 is 1. The van der Waals surface area contributed by atoms with Crippen molar-refractivity contribution in [2.45, 2.75) is 25.2 Å². The molecule has 1 N–H and O–H groups in total. The minimum atomic E-state index is 0.220. The van der Waals surface area contributed by atoms with E-state index in [1.807, 2.05) is 24.3 Å². The van der Waals surface area contributed by atoms with E-state index in [-0.39, 0.29) is 5.78 Å². The number of benzene rings is 2. The van der Waals surface area contributed by atoms with Gasteiger partial charge in [-0.1, -0.05) is 17.4 Å². The molecule has 2 aromatic carbocycles. The number of anilines is 1. The van der Waals surface area contributed by atoms with Gasteiger partial charge in [0.15, 0.2) is 10.9 Å². The largest absolute Gasteiger partial charge is 0.497 e. The van der Waals surface area contributed by atoms with Crippen LogP contribution in [0.3, 0.4) is 0 Å². The predicted octanol–water partition coefficient (Wildman–Crippen LogP) is 4.02. The quantitative estimate of drug-likeness (QED) is 0.648. The second kappa shape index (κ2) is 7.76. The van der Waals surface area contributed by atoms with E-state index in [0.717, 1.165) is 65.7 Å². The molecule has 1 atom stereocenters. The van der Waals surface area contributed by atoms with Gasteiger partial charge in [0.1, 0.15) is 5.75 Å². The lowest BCUT2D eigenvalue weighted by Crippen LogP contribution is -2.43. The number of aromatic nitrogens is 1. The van der Waals surface area contributed by atoms with Crippen molar-refractivity contribution in [3.63, 3.8) is 0 Å². The lowest BCUT2D eigenvalue weighted by Gasteiger charge is -2.26. The van der Waals surface area contributed by atoms with Crippen molar-refractivity contribution >= 4 is 32.5 Å². The molecule has 150 valence electrons. The van der Waals surface area contributed by atoms with Gasteiger partial charge in [0.05, 0.1) is 17.3 Å². The standard InChI is InChI=1S/C23H25N3O2S/c1-28-18-5-6-19-15(12-18)2-3-16(19)13-21(27)17-4-7-20-22(14-17)29-23(25-20)26-10-8-24-9-11-26/h4-7,12,14,16,24H,2-3,8-11,13H2,1H3/t16-/m1/s1. The van der Waals surface area contributed by atoms with Crippen LogP contribution < -0.4 is 15.0 Å². The minimum Gasteiger partial charge on any atom is -0.497 e. The molecule has 1 saturated heterocycles. The topological polar surface area (TPSA) is 54.5 Å². The van der Waals surface area contributed by atoms with E-state index in [1.54, 1.807) is 18.4 Å². The summed E-state index contributed by atoms with van der Waals surface area (Å²) in [4.78, 5) is 20.1. The Kier molecular flexibility index (Phi) is 4.97. The summed E-state index contributed by atoms with van der Waals surface area (Å²) >= 11 is 1.69. The highest BCUT2D eigenvalue weighted by Gasteiger charge is 2.26. The van der Waals surface area contributed by atoms with Gasteiger partial charge in [0, 0.05) is 38.2 Å². The highest BCUT2D eigenvalue weighted by Crippen LogP contribution is 2.38. The number of hydrogen-bond acceptors (Lipinski definition) is 6. The van der Waals surface area contributed by atoms with Gasteiger partial charge < -0.3 is 15.0 Å². The fraction of sp³-hybridized carbons (Fsp3) is 0.391. The van der Waals surface area contributed by atoms with Crippen LogP contribution in [0.4, 0.5) is 5.13 Å². The van der Waals surface area contributed by atoms with Crippen LogP contribution >= 0.6 is 11.3 Å². The molecule has 0 bridgehead atoms. The van der Waals surface area contributed by atoms with Gasteiger partial charge in [-0.05, 0) is 60.2 Å². The Bertz CT molecular complexity index is 1060. The Balaban J connectivity index is 1.34. The van der Waals surface area contributed by atoms with E-state index < -0.39 is 0 Å². The van der Waals surface area contributed by atoms with E-state index in [2.05, 4.69) is 22.3 Å². The Morgan fingerprint density at radius 2 is 2.10 bits per heavy atom. The van der Waals surface area contributed by atoms with Crippen LogP contribution in [0, 0.1) is 0 Å². The summed E-state index contributed by atoms with van der Waals surface area (Å²) in [5, 5.41) is 4.43. The number of rotatable bonds is 5. The maximum absolute atomic E-state index is 13.0. The molecule has 6 heteroatoms. The van der Waals surface area contributed by atoms with Crippen molar-refractivity contribution in [1.82, 2.24) is 10.3 Å². The average Bonchev–Trinajstić information content (AvgIpc) is 3.37. The summed E-state index contributed by atoms with van der Waals surface area (Å²) in [6, 6.07) is 12.2. The van der Waals surface area contributed by atoms with Crippen LogP contribution in [0.15, 0.2) is 36.4 Å². The number of hydrogen-bond donors (Lipinski definition) is 1. The van der Waals surface area contributed by atoms with Crippen molar-refractivity contribution in [3.8, 4) is 5.75 Å². The molecule has 0 unspecified atom stereocenters. The third-order valence-corrected chi connectivity index (χ3v) is 7.15. The Morgan fingerprint density at radius 1 is 1.24 bits per heavy atom. The predicted molar refractivity (Wildman–Crippen MR) is 118 cm³/mol. The smallest absolute Gasteiger partial charge is 0.186 e. The number of nitrogens with zero attached hydrogens (tertiary/aromatic N) is 2. The van der Waals surface area contributed by atoms with Crippen molar-refractivity contribution < 1.29 is 9.53 Å². The summed E-state index contributed by atoms with van der Waals surface area (Å²) in [6.07, 6.45) is 2.62.